The molecule has 0 spiro atoms. The molecule has 5 rings (SSSR count). The van der Waals surface area contributed by atoms with Crippen molar-refractivity contribution in [2.75, 3.05) is 6.61 Å². The van der Waals surface area contributed by atoms with E-state index in [2.05, 4.69) is 38.1 Å². The van der Waals surface area contributed by atoms with E-state index in [1.807, 2.05) is 18.2 Å². The number of unbranched alkanes of at least 4 members (excludes halogenated alkanes) is 1. The van der Waals surface area contributed by atoms with Crippen LogP contribution >= 0.6 is 0 Å². The quantitative estimate of drug-likeness (QED) is 0.250. The van der Waals surface area contributed by atoms with Crippen LogP contribution in [-0.2, 0) is 6.42 Å². The Labute approximate surface area is 224 Å². The zero-order valence-corrected chi connectivity index (χ0v) is 20.3. The first-order valence-electron chi connectivity index (χ1n) is 11.5. The molecular formula is C27H22LiN5O4. The van der Waals surface area contributed by atoms with E-state index in [-0.39, 0.29) is 47.1 Å². The summed E-state index contributed by atoms with van der Waals surface area (Å²) >= 11 is 0. The van der Waals surface area contributed by atoms with Gasteiger partial charge in [-0.25, -0.2) is 0 Å². The molecule has 0 saturated heterocycles. The van der Waals surface area contributed by atoms with Crippen molar-refractivity contribution >= 4 is 22.6 Å². The van der Waals surface area contributed by atoms with Crippen LogP contribution in [0.2, 0.25) is 0 Å². The number of hydrogen-bond donors (Lipinski definition) is 1. The van der Waals surface area contributed by atoms with Gasteiger partial charge in [0, 0.05) is 6.07 Å². The Balaban J connectivity index is 0.00000320. The maximum atomic E-state index is 12.8. The number of amides is 1. The molecule has 3 aromatic carbocycles. The van der Waals surface area contributed by atoms with Gasteiger partial charge in [0.25, 0.3) is 0 Å². The van der Waals surface area contributed by atoms with Crippen LogP contribution in [0.25, 0.3) is 27.9 Å². The first kappa shape index (κ1) is 25.9. The SMILES string of the molecule is O=C([N-]c1cccc2c(=O)cc(-c3nn[nH]n3)oc12)c1ccc(OCCCCc2ccccc2)cc1.[Li+]. The Morgan fingerprint density at radius 1 is 0.973 bits per heavy atom. The number of ether oxygens (including phenoxy) is 1. The summed E-state index contributed by atoms with van der Waals surface area (Å²) in [7, 11) is 0. The van der Waals surface area contributed by atoms with Crippen LogP contribution in [0.3, 0.4) is 0 Å². The molecular weight excluding hydrogens is 465 g/mol. The molecule has 1 N–H and O–H groups in total. The largest absolute Gasteiger partial charge is 1.00 e. The van der Waals surface area contributed by atoms with Gasteiger partial charge in [-0.05, 0) is 65.9 Å². The van der Waals surface area contributed by atoms with Crippen molar-refractivity contribution in [3.8, 4) is 17.3 Å². The molecule has 10 heteroatoms. The molecule has 0 radical (unpaired) electrons. The molecule has 0 saturated carbocycles. The first-order valence-corrected chi connectivity index (χ1v) is 11.5. The van der Waals surface area contributed by atoms with Crippen molar-refractivity contribution < 1.29 is 32.8 Å². The van der Waals surface area contributed by atoms with Crippen molar-refractivity contribution in [2.45, 2.75) is 19.3 Å². The number of fused-ring (bicyclic) bond motifs is 1. The number of hydrogen-bond acceptors (Lipinski definition) is 7. The first-order chi connectivity index (χ1) is 17.7. The van der Waals surface area contributed by atoms with E-state index in [9.17, 15) is 9.59 Å². The predicted octanol–water partition coefficient (Wildman–Crippen LogP) is 2.22. The van der Waals surface area contributed by atoms with Crippen LogP contribution in [0.15, 0.2) is 88.1 Å². The van der Waals surface area contributed by atoms with E-state index >= 15 is 0 Å². The number of nitrogens with zero attached hydrogens (tertiary/aromatic N) is 4. The van der Waals surface area contributed by atoms with Gasteiger partial charge in [-0.15, -0.1) is 10.2 Å². The van der Waals surface area contributed by atoms with Gasteiger partial charge in [0.1, 0.15) is 11.3 Å². The minimum atomic E-state index is -0.468. The van der Waals surface area contributed by atoms with Crippen LogP contribution in [0.4, 0.5) is 5.69 Å². The molecule has 37 heavy (non-hydrogen) atoms. The van der Waals surface area contributed by atoms with Crippen molar-refractivity contribution in [2.24, 2.45) is 0 Å². The second kappa shape index (κ2) is 12.2. The fourth-order valence-corrected chi connectivity index (χ4v) is 3.76. The molecule has 0 bridgehead atoms. The monoisotopic (exact) mass is 487 g/mol. The fraction of sp³-hybridized carbons (Fsp3) is 0.148. The van der Waals surface area contributed by atoms with Crippen molar-refractivity contribution in [1.82, 2.24) is 20.6 Å². The standard InChI is InChI=1S/C27H23N5O4.Li/c33-23-17-24(26-29-31-32-30-26)36-25-21(23)10-6-11-22(25)28-27(34)19-12-14-20(15-13-19)35-16-5-4-9-18-7-2-1-3-8-18;/h1-3,6-8,10-15,17H,4-5,9,16H2,(H2,28,29,30,31,32,33,34);/q;+1/p-1. The Morgan fingerprint density at radius 2 is 1.78 bits per heavy atom. The van der Waals surface area contributed by atoms with Gasteiger partial charge >= 0.3 is 18.9 Å². The van der Waals surface area contributed by atoms with E-state index in [0.29, 0.717) is 23.3 Å². The number of benzene rings is 3. The van der Waals surface area contributed by atoms with E-state index in [1.165, 1.54) is 11.6 Å². The van der Waals surface area contributed by atoms with Gasteiger partial charge in [-0.3, -0.25) is 4.79 Å². The molecule has 0 atom stereocenters. The zero-order chi connectivity index (χ0) is 24.7. The zero-order valence-electron chi connectivity index (χ0n) is 20.3. The fourth-order valence-electron chi connectivity index (χ4n) is 3.76. The van der Waals surface area contributed by atoms with Gasteiger partial charge in [-0.1, -0.05) is 48.2 Å². The number of H-pyrrole nitrogens is 1. The predicted molar refractivity (Wildman–Crippen MR) is 134 cm³/mol. The number of carbonyl (C=O) groups is 1. The summed E-state index contributed by atoms with van der Waals surface area (Å²) in [5, 5.41) is 18.0. The molecule has 0 aliphatic rings. The summed E-state index contributed by atoms with van der Waals surface area (Å²) in [5.41, 5.74) is 1.82. The second-order valence-corrected chi connectivity index (χ2v) is 8.10. The molecule has 0 aliphatic carbocycles. The smallest absolute Gasteiger partial charge is 0.620 e. The van der Waals surface area contributed by atoms with Gasteiger partial charge in [0.15, 0.2) is 11.2 Å². The summed E-state index contributed by atoms with van der Waals surface area (Å²) in [6, 6.07) is 23.3. The third-order valence-electron chi connectivity index (χ3n) is 5.59. The molecule has 180 valence electrons. The summed E-state index contributed by atoms with van der Waals surface area (Å²) in [5.74, 6) is 0.476. The van der Waals surface area contributed by atoms with Crippen molar-refractivity contribution in [3.05, 3.63) is 106 Å². The topological polar surface area (TPSA) is 125 Å². The average Bonchev–Trinajstić information content (AvgIpc) is 3.45. The molecule has 0 fully saturated rings. The average molecular weight is 487 g/mol. The van der Waals surface area contributed by atoms with Crippen LogP contribution in [0, 0.1) is 0 Å². The normalized spacial score (nSPS) is 10.6. The van der Waals surface area contributed by atoms with Crippen LogP contribution < -0.4 is 29.0 Å². The van der Waals surface area contributed by atoms with Gasteiger partial charge in [-0.2, -0.15) is 5.21 Å². The Kier molecular flexibility index (Phi) is 8.51. The van der Waals surface area contributed by atoms with Crippen LogP contribution in [0.1, 0.15) is 28.8 Å². The maximum Gasteiger partial charge on any atom is 1.00 e. The van der Waals surface area contributed by atoms with Gasteiger partial charge < -0.3 is 19.3 Å². The minimum Gasteiger partial charge on any atom is -0.620 e. The Hall–Kier alpha value is -4.19. The number of rotatable bonds is 9. The number of aromatic nitrogens is 4. The number of aromatic amines is 1. The van der Waals surface area contributed by atoms with E-state index in [1.54, 1.807) is 42.5 Å². The van der Waals surface area contributed by atoms with E-state index in [0.717, 1.165) is 19.3 Å². The molecule has 9 nitrogen and oxygen atoms in total. The number of para-hydroxylation sites is 1. The van der Waals surface area contributed by atoms with Crippen LogP contribution in [-0.4, -0.2) is 33.1 Å². The molecule has 0 unspecified atom stereocenters. The summed E-state index contributed by atoms with van der Waals surface area (Å²) in [4.78, 5) is 25.4. The van der Waals surface area contributed by atoms with E-state index < -0.39 is 5.91 Å². The summed E-state index contributed by atoms with van der Waals surface area (Å²) in [6.07, 6.45) is 2.99. The van der Waals surface area contributed by atoms with Crippen LogP contribution in [0.5, 0.6) is 5.75 Å². The summed E-state index contributed by atoms with van der Waals surface area (Å²) in [6.45, 7) is 0.599. The molecule has 5 aromatic rings. The minimum absolute atomic E-state index is 0. The molecule has 2 aromatic heterocycles. The van der Waals surface area contributed by atoms with Crippen molar-refractivity contribution in [1.29, 1.82) is 0 Å². The number of aryl methyl sites for hydroxylation is 1. The molecule has 2 heterocycles. The molecule has 1 amide bonds. The van der Waals surface area contributed by atoms with Gasteiger partial charge in [0.05, 0.1) is 17.9 Å². The third-order valence-corrected chi connectivity index (χ3v) is 5.59. The maximum absolute atomic E-state index is 12.8. The van der Waals surface area contributed by atoms with Crippen molar-refractivity contribution in [3.63, 3.8) is 0 Å². The summed E-state index contributed by atoms with van der Waals surface area (Å²) < 4.78 is 11.6. The number of tetrazole rings is 1. The number of nitrogens with one attached hydrogen (secondary N) is 1. The Morgan fingerprint density at radius 3 is 2.54 bits per heavy atom. The molecule has 0 aliphatic heterocycles. The van der Waals surface area contributed by atoms with E-state index in [4.69, 9.17) is 9.15 Å². The third kappa shape index (κ3) is 6.33. The Bertz CT molecular complexity index is 1520. The number of carbonyl (C=O) groups excluding carboxylic acids is 1. The second-order valence-electron chi connectivity index (χ2n) is 8.10. The van der Waals surface area contributed by atoms with Gasteiger partial charge in [0.2, 0.25) is 5.82 Å².